The lowest BCUT2D eigenvalue weighted by atomic mass is 9.85. The molecule has 1 saturated heterocycles. The van der Waals surface area contributed by atoms with E-state index in [0.717, 1.165) is 79.0 Å². The predicted molar refractivity (Wildman–Crippen MR) is 306 cm³/mol. The third kappa shape index (κ3) is 13.2. The highest BCUT2D eigenvalue weighted by molar-refractivity contribution is 7.52. The highest BCUT2D eigenvalue weighted by atomic mass is 31.2. The molecule has 0 saturated carbocycles. The molecule has 0 spiro atoms. The van der Waals surface area contributed by atoms with Gasteiger partial charge in [-0.05, 0) is 91.1 Å². The number of piperidine rings is 1. The number of Topliss-reactive ketones (excluding diaryl/α,β-unsaturated/α-hetero) is 2. The van der Waals surface area contributed by atoms with E-state index in [9.17, 15) is 71.1 Å². The Kier molecular flexibility index (Phi) is 18.5. The number of unbranched alkanes of at least 4 members (excludes halogenated alkanes) is 6. The minimum Gasteiger partial charge on any atom is -0.370 e. The number of carbonyl (C=O) groups excluding carboxylic acids is 10. The fourth-order valence-electron chi connectivity index (χ4n) is 11.9. The van der Waals surface area contributed by atoms with Gasteiger partial charge in [-0.3, -0.25) is 67.3 Å². The van der Waals surface area contributed by atoms with Gasteiger partial charge >= 0.3 is 13.3 Å². The summed E-state index contributed by atoms with van der Waals surface area (Å²) in [7, 11) is -5.97. The first-order chi connectivity index (χ1) is 40.5. The zero-order chi connectivity index (χ0) is 60.9. The normalized spacial score (nSPS) is 18.2. The number of carbonyl (C=O) groups is 10. The van der Waals surface area contributed by atoms with Crippen molar-refractivity contribution in [2.45, 2.75) is 152 Å². The van der Waals surface area contributed by atoms with Gasteiger partial charge in [-0.25, -0.2) is 0 Å². The number of nitrogens with one attached hydrogen (secondary N) is 3. The van der Waals surface area contributed by atoms with Crippen molar-refractivity contribution in [1.29, 1.82) is 0 Å². The molecule has 0 bridgehead atoms. The molecule has 1 unspecified atom stereocenters. The maximum atomic E-state index is 14.7. The van der Waals surface area contributed by atoms with Crippen LogP contribution in [0.4, 0.5) is 14.5 Å². The number of hydrogen-bond donors (Lipinski definition) is 6. The number of primary amides is 1. The number of benzene rings is 4. The SMILES string of the molecule is CC(=O)n1c(C(=O)N[C@H]2CCc3cccc4c3N(C2=O)[C@H](C(=O)N[C@@H](CCC(N)=O)C(=O)C[C@H](C(=O)CCCCCCCCC#Cc2cccc3c2CN(C2CCC(=O)NC2=O)C3=O)c2ccccc2)C4)cc2cc(C(F)(F)P(=O)(O)O)ccc21. The predicted octanol–water partition coefficient (Wildman–Crippen LogP) is 6.53. The van der Waals surface area contributed by atoms with Crippen molar-refractivity contribution in [3.63, 3.8) is 0 Å². The summed E-state index contributed by atoms with van der Waals surface area (Å²) in [5.74, 6) is -0.148. The molecule has 20 nitrogen and oxygen atoms in total. The van der Waals surface area contributed by atoms with Crippen LogP contribution in [-0.2, 0) is 63.2 Å². The monoisotopic (exact) mass is 1180 g/mol. The minimum absolute atomic E-state index is 0.00731. The van der Waals surface area contributed by atoms with Crippen LogP contribution in [0.2, 0.25) is 0 Å². The third-order valence-electron chi connectivity index (χ3n) is 16.2. The van der Waals surface area contributed by atoms with E-state index in [1.807, 2.05) is 6.07 Å². The second kappa shape index (κ2) is 25.8. The molecule has 1 fully saturated rings. The van der Waals surface area contributed by atoms with Gasteiger partial charge in [0.15, 0.2) is 5.78 Å². The molecule has 7 N–H and O–H groups in total. The van der Waals surface area contributed by atoms with Crippen LogP contribution in [0.15, 0.2) is 91.0 Å². The van der Waals surface area contributed by atoms with Crippen molar-refractivity contribution in [2.24, 2.45) is 5.73 Å². The first kappa shape index (κ1) is 61.1. The summed E-state index contributed by atoms with van der Waals surface area (Å²) in [6.45, 7) is 1.35. The first-order valence-electron chi connectivity index (χ1n) is 28.3. The van der Waals surface area contributed by atoms with Crippen LogP contribution in [0.25, 0.3) is 10.9 Å². The summed E-state index contributed by atoms with van der Waals surface area (Å²) in [6.07, 6.45) is 5.49. The Morgan fingerprint density at radius 1 is 0.835 bits per heavy atom. The Labute approximate surface area is 487 Å². The molecule has 7 amide bonds. The number of hydrogen-bond acceptors (Lipinski definition) is 11. The van der Waals surface area contributed by atoms with E-state index in [4.69, 9.17) is 5.73 Å². The summed E-state index contributed by atoms with van der Waals surface area (Å²) >= 11 is 0. The van der Waals surface area contributed by atoms with Crippen LogP contribution in [0, 0.1) is 11.8 Å². The van der Waals surface area contributed by atoms with Crippen LogP contribution in [0.1, 0.15) is 162 Å². The average molecular weight is 1180 g/mol. The topological polar surface area (TPSA) is 302 Å². The Balaban J connectivity index is 0.811. The summed E-state index contributed by atoms with van der Waals surface area (Å²) < 4.78 is 42.1. The lowest BCUT2D eigenvalue weighted by Crippen LogP contribution is -2.56. The molecule has 5 aromatic rings. The van der Waals surface area contributed by atoms with E-state index in [-0.39, 0.29) is 98.5 Å². The van der Waals surface area contributed by atoms with Crippen LogP contribution in [-0.4, -0.2) is 102 Å². The standard InChI is InChI=1S/C62H64F2N7O13P/c1-36(72)70-48-27-24-42(62(63,64)85(82,83)84)31-41(48)33-50(70)58(78)67-47-25-23-39-19-13-20-40-32-51(71(56(39)40)61(47)81)59(79)66-46(26-29-54(65)75)53(74)34-44(37-15-10-8-11-16-37)52(73)22-12-7-5-3-2-4-6-9-17-38-18-14-21-43-45(38)35-69(60(43)80)49-28-30-55(76)68-57(49)77/h8,10-11,13-16,18-21,24,27,31,33,44,46-47,49,51H,2-7,12,22-23,25-26,28-30,32,34-35H2,1H3,(H2,65,75)(H,66,79)(H,67,78)(H,68,76,77)(H2,82,83,84)/t44-,46-,47-,49?,51-/m0/s1. The number of aryl methyl sites for hydroxylation is 1. The number of para-hydroxylation sites is 1. The van der Waals surface area contributed by atoms with E-state index in [2.05, 4.69) is 27.8 Å². The molecular formula is C62H64F2N7O13P. The zero-order valence-electron chi connectivity index (χ0n) is 46.6. The van der Waals surface area contributed by atoms with Gasteiger partial charge in [0.2, 0.25) is 35.4 Å². The number of alkyl halides is 2. The average Bonchev–Trinajstić information content (AvgIpc) is 2.12. The second-order valence-electron chi connectivity index (χ2n) is 22.0. The van der Waals surface area contributed by atoms with Gasteiger partial charge in [-0.15, -0.1) is 0 Å². The molecule has 9 rings (SSSR count). The van der Waals surface area contributed by atoms with Crippen molar-refractivity contribution in [3.05, 3.63) is 136 Å². The fourth-order valence-corrected chi connectivity index (χ4v) is 12.3. The number of halogens is 2. The Morgan fingerprint density at radius 3 is 2.27 bits per heavy atom. The van der Waals surface area contributed by atoms with Gasteiger partial charge in [0.05, 0.1) is 17.2 Å². The minimum atomic E-state index is -5.97. The van der Waals surface area contributed by atoms with Crippen LogP contribution in [0.5, 0.6) is 0 Å². The zero-order valence-corrected chi connectivity index (χ0v) is 47.5. The van der Waals surface area contributed by atoms with Crippen molar-refractivity contribution < 1.29 is 71.1 Å². The molecule has 23 heteroatoms. The lowest BCUT2D eigenvalue weighted by molar-refractivity contribution is -0.137. The Bertz CT molecular complexity index is 3660. The fraction of sp³-hybridized carbons (Fsp3) is 0.387. The molecule has 85 heavy (non-hydrogen) atoms. The molecule has 0 radical (unpaired) electrons. The Hall–Kier alpha value is -8.51. The quantitative estimate of drug-likeness (QED) is 0.0176. The number of fused-ring (bicyclic) bond motifs is 2. The van der Waals surface area contributed by atoms with Crippen molar-refractivity contribution in [3.8, 4) is 11.8 Å². The maximum Gasteiger partial charge on any atom is 0.399 e. The highest BCUT2D eigenvalue weighted by Gasteiger charge is 2.51. The number of amides is 7. The lowest BCUT2D eigenvalue weighted by Gasteiger charge is -2.29. The molecule has 4 aliphatic rings. The van der Waals surface area contributed by atoms with Gasteiger partial charge in [-0.1, -0.05) is 98.2 Å². The molecule has 1 aromatic heterocycles. The van der Waals surface area contributed by atoms with Crippen molar-refractivity contribution in [2.75, 3.05) is 4.90 Å². The van der Waals surface area contributed by atoms with E-state index in [1.165, 1.54) is 9.80 Å². The number of imide groups is 1. The maximum absolute atomic E-state index is 14.7. The van der Waals surface area contributed by atoms with Crippen molar-refractivity contribution in [1.82, 2.24) is 25.4 Å². The largest absolute Gasteiger partial charge is 0.399 e. The molecule has 4 aliphatic heterocycles. The van der Waals surface area contributed by atoms with Gasteiger partial charge in [0.25, 0.3) is 11.8 Å². The summed E-state index contributed by atoms with van der Waals surface area (Å²) in [4.78, 5) is 156. The third-order valence-corrected chi connectivity index (χ3v) is 17.2. The molecule has 5 heterocycles. The van der Waals surface area contributed by atoms with E-state index in [1.54, 1.807) is 60.7 Å². The van der Waals surface area contributed by atoms with Crippen LogP contribution in [0.3, 0.4) is 0 Å². The van der Waals surface area contributed by atoms with Crippen LogP contribution >= 0.6 is 7.60 Å². The van der Waals surface area contributed by atoms with Gasteiger partial charge in [0.1, 0.15) is 29.6 Å². The number of rotatable bonds is 23. The molecular weight excluding hydrogens is 1120 g/mol. The van der Waals surface area contributed by atoms with Gasteiger partial charge in [-0.2, -0.15) is 8.78 Å². The van der Waals surface area contributed by atoms with Crippen molar-refractivity contribution >= 4 is 83.0 Å². The number of nitrogens with two attached hydrogens (primary N) is 1. The number of ketones is 2. The summed E-state index contributed by atoms with van der Waals surface area (Å²) in [5, 5.41) is 7.63. The molecule has 5 atom stereocenters. The second-order valence-corrected chi connectivity index (χ2v) is 23.6. The number of aromatic nitrogens is 1. The van der Waals surface area contributed by atoms with Crippen LogP contribution < -0.4 is 26.6 Å². The van der Waals surface area contributed by atoms with E-state index in [0.29, 0.717) is 40.8 Å². The van der Waals surface area contributed by atoms with E-state index >= 15 is 0 Å². The van der Waals surface area contributed by atoms with Gasteiger partial charge in [0, 0.05) is 80.0 Å². The Morgan fingerprint density at radius 2 is 1.55 bits per heavy atom. The molecule has 0 aliphatic carbocycles. The molecule has 4 aromatic carbocycles. The van der Waals surface area contributed by atoms with Gasteiger partial charge < -0.3 is 31.1 Å². The summed E-state index contributed by atoms with van der Waals surface area (Å²) in [5.41, 5.74) is 3.87. The summed E-state index contributed by atoms with van der Waals surface area (Å²) in [6, 6.07) is 18.4. The number of anilines is 1. The number of nitrogens with zero attached hydrogens (tertiary/aromatic N) is 3. The highest BCUT2D eigenvalue weighted by Crippen LogP contribution is 2.59. The first-order valence-corrected chi connectivity index (χ1v) is 29.9. The molecule has 444 valence electrons. The van der Waals surface area contributed by atoms with E-state index < -0.39 is 90.1 Å². The smallest absolute Gasteiger partial charge is 0.370 e.